The number of nitro benzene ring substituents is 1. The van der Waals surface area contributed by atoms with Gasteiger partial charge in [-0.25, -0.2) is 0 Å². The van der Waals surface area contributed by atoms with Crippen LogP contribution in [0.4, 0.5) is 14.5 Å². The van der Waals surface area contributed by atoms with Crippen molar-refractivity contribution in [3.63, 3.8) is 0 Å². The van der Waals surface area contributed by atoms with Crippen molar-refractivity contribution in [3.8, 4) is 11.5 Å². The highest BCUT2D eigenvalue weighted by Crippen LogP contribution is 2.67. The molecule has 0 amide bonds. The Labute approximate surface area is 147 Å². The predicted octanol–water partition coefficient (Wildman–Crippen LogP) is 4.01. The van der Waals surface area contributed by atoms with Gasteiger partial charge in [-0.15, -0.1) is 0 Å². The molecule has 2 aromatic carbocycles. The van der Waals surface area contributed by atoms with Crippen molar-refractivity contribution < 1.29 is 32.3 Å². The zero-order valence-electron chi connectivity index (χ0n) is 13.6. The van der Waals surface area contributed by atoms with E-state index in [-0.39, 0.29) is 30.2 Å². The van der Waals surface area contributed by atoms with Crippen LogP contribution in [0.5, 0.6) is 11.5 Å². The SMILES string of the molecule is CCOP(=O)(c1ccccc1)C(F)(F)c1cc2c(cc1[N+](=O)[O-])OCO2. The third-order valence-electron chi connectivity index (χ3n) is 3.79. The number of hydrogen-bond acceptors (Lipinski definition) is 6. The maximum Gasteiger partial charge on any atom is 0.357 e. The van der Waals surface area contributed by atoms with Gasteiger partial charge in [-0.3, -0.25) is 14.7 Å². The van der Waals surface area contributed by atoms with Gasteiger partial charge in [0.25, 0.3) is 5.69 Å². The van der Waals surface area contributed by atoms with Crippen LogP contribution < -0.4 is 14.8 Å². The van der Waals surface area contributed by atoms with Gasteiger partial charge in [0.2, 0.25) is 6.79 Å². The fraction of sp³-hybridized carbons (Fsp3) is 0.250. The third-order valence-corrected chi connectivity index (χ3v) is 6.37. The summed E-state index contributed by atoms with van der Waals surface area (Å²) in [7, 11) is -4.82. The Balaban J connectivity index is 2.23. The smallest absolute Gasteiger partial charge is 0.357 e. The minimum absolute atomic E-state index is 0.0257. The highest BCUT2D eigenvalue weighted by atomic mass is 31.2. The zero-order chi connectivity index (χ0) is 18.9. The molecule has 2 aromatic rings. The van der Waals surface area contributed by atoms with E-state index >= 15 is 8.78 Å². The molecule has 0 radical (unpaired) electrons. The second-order valence-corrected chi connectivity index (χ2v) is 7.77. The van der Waals surface area contributed by atoms with Gasteiger partial charge in [-0.2, -0.15) is 8.78 Å². The largest absolute Gasteiger partial charge is 0.454 e. The van der Waals surface area contributed by atoms with Crippen molar-refractivity contribution in [3.05, 3.63) is 58.1 Å². The number of fused-ring (bicyclic) bond motifs is 1. The van der Waals surface area contributed by atoms with Gasteiger partial charge < -0.3 is 14.0 Å². The van der Waals surface area contributed by atoms with E-state index in [4.69, 9.17) is 14.0 Å². The molecule has 1 unspecified atom stereocenters. The summed E-state index contributed by atoms with van der Waals surface area (Å²) < 4.78 is 59.0. The molecule has 0 aliphatic carbocycles. The first kappa shape index (κ1) is 18.3. The molecule has 0 spiro atoms. The summed E-state index contributed by atoms with van der Waals surface area (Å²) in [4.78, 5) is 10.4. The van der Waals surface area contributed by atoms with Crippen LogP contribution in [0, 0.1) is 10.1 Å². The molecule has 3 rings (SSSR count). The number of rotatable bonds is 6. The molecule has 1 atom stereocenters. The van der Waals surface area contributed by atoms with Gasteiger partial charge in [0.15, 0.2) is 11.5 Å². The summed E-state index contributed by atoms with van der Waals surface area (Å²) in [5, 5.41) is 11.1. The monoisotopic (exact) mass is 385 g/mol. The van der Waals surface area contributed by atoms with Crippen LogP contribution in [0.25, 0.3) is 0 Å². The lowest BCUT2D eigenvalue weighted by atomic mass is 10.1. The lowest BCUT2D eigenvalue weighted by Crippen LogP contribution is -2.25. The fourth-order valence-corrected chi connectivity index (χ4v) is 4.67. The van der Waals surface area contributed by atoms with Gasteiger partial charge in [0.05, 0.1) is 17.6 Å². The Morgan fingerprint density at radius 1 is 1.23 bits per heavy atom. The summed E-state index contributed by atoms with van der Waals surface area (Å²) in [6.07, 6.45) is 0. The standard InChI is InChI=1S/C16H14F2NO6P/c1-2-25-26(22,11-6-4-3-5-7-11)16(17,18)12-8-14-15(24-10-23-14)9-13(12)19(20)21/h3-9H,2,10H2,1H3. The normalized spacial score (nSPS) is 15.5. The molecule has 0 saturated heterocycles. The number of benzene rings is 2. The van der Waals surface area contributed by atoms with Gasteiger partial charge in [-0.1, -0.05) is 18.2 Å². The summed E-state index contributed by atoms with van der Waals surface area (Å²) in [5.74, 6) is -0.108. The lowest BCUT2D eigenvalue weighted by molar-refractivity contribution is -0.386. The average molecular weight is 385 g/mol. The van der Waals surface area contributed by atoms with Crippen molar-refractivity contribution in [2.75, 3.05) is 13.4 Å². The van der Waals surface area contributed by atoms with Crippen molar-refractivity contribution in [2.45, 2.75) is 12.6 Å². The molecule has 10 heteroatoms. The number of halogens is 2. The second kappa shape index (κ2) is 6.66. The first-order chi connectivity index (χ1) is 12.3. The summed E-state index contributed by atoms with van der Waals surface area (Å²) in [6.45, 7) is 0.906. The molecule has 0 fully saturated rings. The van der Waals surface area contributed by atoms with Crippen LogP contribution in [0.15, 0.2) is 42.5 Å². The summed E-state index contributed by atoms with van der Waals surface area (Å²) in [6, 6.07) is 8.55. The topological polar surface area (TPSA) is 87.9 Å². The first-order valence-electron chi connectivity index (χ1n) is 7.58. The Hall–Kier alpha value is -2.51. The maximum atomic E-state index is 15.4. The molecule has 1 aliphatic heterocycles. The minimum Gasteiger partial charge on any atom is -0.454 e. The fourth-order valence-electron chi connectivity index (χ4n) is 2.61. The predicted molar refractivity (Wildman–Crippen MR) is 88.4 cm³/mol. The minimum atomic E-state index is -4.82. The van der Waals surface area contributed by atoms with Crippen molar-refractivity contribution in [1.29, 1.82) is 0 Å². The number of ether oxygens (including phenoxy) is 2. The molecule has 138 valence electrons. The average Bonchev–Trinajstić information content (AvgIpc) is 3.09. The van der Waals surface area contributed by atoms with E-state index in [2.05, 4.69) is 0 Å². The van der Waals surface area contributed by atoms with Crippen LogP contribution in [0.2, 0.25) is 0 Å². The van der Waals surface area contributed by atoms with Crippen molar-refractivity contribution in [2.24, 2.45) is 0 Å². The van der Waals surface area contributed by atoms with Crippen LogP contribution in [-0.2, 0) is 14.8 Å². The van der Waals surface area contributed by atoms with E-state index in [1.165, 1.54) is 31.2 Å². The van der Waals surface area contributed by atoms with Crippen LogP contribution in [-0.4, -0.2) is 18.3 Å². The Morgan fingerprint density at radius 3 is 2.42 bits per heavy atom. The molecule has 0 aromatic heterocycles. The van der Waals surface area contributed by atoms with Gasteiger partial charge in [-0.05, 0) is 19.1 Å². The molecule has 0 saturated carbocycles. The van der Waals surface area contributed by atoms with Gasteiger partial charge in [0.1, 0.15) is 5.56 Å². The lowest BCUT2D eigenvalue weighted by Gasteiger charge is -2.27. The highest BCUT2D eigenvalue weighted by Gasteiger charge is 2.57. The molecule has 1 aliphatic rings. The second-order valence-electron chi connectivity index (χ2n) is 5.33. The van der Waals surface area contributed by atoms with E-state index in [9.17, 15) is 14.7 Å². The molecular weight excluding hydrogens is 371 g/mol. The number of alkyl halides is 2. The first-order valence-corrected chi connectivity index (χ1v) is 9.20. The molecule has 0 bridgehead atoms. The van der Waals surface area contributed by atoms with E-state index in [0.29, 0.717) is 0 Å². The van der Waals surface area contributed by atoms with Crippen molar-refractivity contribution in [1.82, 2.24) is 0 Å². The molecule has 1 heterocycles. The van der Waals surface area contributed by atoms with E-state index in [1.54, 1.807) is 6.07 Å². The number of nitrogens with zero attached hydrogens (tertiary/aromatic N) is 1. The van der Waals surface area contributed by atoms with Gasteiger partial charge in [0, 0.05) is 11.4 Å². The molecule has 0 N–H and O–H groups in total. The quantitative estimate of drug-likeness (QED) is 0.424. The molecular formula is C16H14F2NO6P. The molecule has 7 nitrogen and oxygen atoms in total. The van der Waals surface area contributed by atoms with Crippen molar-refractivity contribution >= 4 is 18.4 Å². The third kappa shape index (κ3) is 2.83. The summed E-state index contributed by atoms with van der Waals surface area (Å²) >= 11 is 0. The van der Waals surface area contributed by atoms with E-state index in [0.717, 1.165) is 12.1 Å². The Morgan fingerprint density at radius 2 is 1.85 bits per heavy atom. The van der Waals surface area contributed by atoms with Gasteiger partial charge >= 0.3 is 13.0 Å². The van der Waals surface area contributed by atoms with E-state index in [1.807, 2.05) is 0 Å². The molecule has 26 heavy (non-hydrogen) atoms. The highest BCUT2D eigenvalue weighted by molar-refractivity contribution is 7.67. The zero-order valence-corrected chi connectivity index (χ0v) is 14.4. The summed E-state index contributed by atoms with van der Waals surface area (Å²) in [5.41, 5.74) is -6.13. The van der Waals surface area contributed by atoms with Crippen LogP contribution in [0.3, 0.4) is 0 Å². The number of hydrogen-bond donors (Lipinski definition) is 0. The van der Waals surface area contributed by atoms with Crippen LogP contribution in [0.1, 0.15) is 12.5 Å². The maximum absolute atomic E-state index is 15.4. The Kier molecular flexibility index (Phi) is 4.68. The number of nitro groups is 1. The van der Waals surface area contributed by atoms with Crippen LogP contribution >= 0.6 is 7.37 Å². The van der Waals surface area contributed by atoms with E-state index < -0.39 is 29.2 Å². The Bertz CT molecular complexity index is 890.